The van der Waals surface area contributed by atoms with Crippen molar-refractivity contribution in [1.29, 1.82) is 0 Å². The molecule has 0 spiro atoms. The molecule has 2 N–H and O–H groups in total. The molecule has 8 aromatic heterocycles. The van der Waals surface area contributed by atoms with E-state index < -0.39 is 5.60 Å². The second kappa shape index (κ2) is 22.8. The van der Waals surface area contributed by atoms with Crippen molar-refractivity contribution in [1.82, 2.24) is 64.7 Å². The van der Waals surface area contributed by atoms with E-state index in [-0.39, 0.29) is 24.6 Å². The summed E-state index contributed by atoms with van der Waals surface area (Å²) in [6, 6.07) is 8.55. The summed E-state index contributed by atoms with van der Waals surface area (Å²) < 4.78 is 32.6. The number of piperidine rings is 1. The van der Waals surface area contributed by atoms with Gasteiger partial charge in [-0.3, -0.25) is 0 Å². The van der Waals surface area contributed by atoms with Gasteiger partial charge in [0.05, 0.1) is 45.3 Å². The Hall–Kier alpha value is -7.39. The second-order valence-electron chi connectivity index (χ2n) is 22.6. The highest BCUT2D eigenvalue weighted by molar-refractivity contribution is 5.94. The van der Waals surface area contributed by atoms with Crippen LogP contribution in [0.2, 0.25) is 0 Å². The number of hydrogen-bond donors (Lipinski definition) is 2. The second-order valence-corrected chi connectivity index (χ2v) is 22.6. The molecule has 1 amide bonds. The molecule has 8 aromatic rings. The lowest BCUT2D eigenvalue weighted by molar-refractivity contribution is -0.0369. The van der Waals surface area contributed by atoms with Crippen molar-refractivity contribution < 1.29 is 28.1 Å². The molecular weight excluding hydrogens is 1000 g/mol. The van der Waals surface area contributed by atoms with Gasteiger partial charge >= 0.3 is 6.09 Å². The zero-order valence-corrected chi connectivity index (χ0v) is 47.1. The Morgan fingerprint density at radius 1 is 0.582 bits per heavy atom. The van der Waals surface area contributed by atoms with Crippen LogP contribution in [-0.2, 0) is 14.2 Å². The maximum atomic E-state index is 12.7. The smallest absolute Gasteiger partial charge is 0.410 e. The minimum absolute atomic E-state index is 0.000962. The number of pyridine rings is 2. The first-order chi connectivity index (χ1) is 38.2. The van der Waals surface area contributed by atoms with Gasteiger partial charge in [-0.15, -0.1) is 0 Å². The standard InChI is InChI=1S/C31H40N8O4.C27H33N7O2/c1-18-16-32-29(33-21-10-9-14-38(17-21)30(40)42-31(4,5)6)35-26(18)27-22-12-13-23(25-19(2)37-43-20(25)3)34-28(22)39(36-27)24-11-7-8-15-41-24;1-16-15-28-27(29-19-9-5-4-6-10-19)31-24(16)25-20-12-13-21(23-17(2)33-36-18(23)3)30-26(20)34(32-25)22-11-7-8-14-35-22/h12-13,16,21,24H,7-11,14-15,17H2,1-6H3,(H,32,33,35);12-13,15,19,22H,4-11,14H2,1-3H3,(H,28,29,31)/t21-,24?;/m0./s1. The van der Waals surface area contributed by atoms with Gasteiger partial charge in [-0.2, -0.15) is 10.2 Å². The summed E-state index contributed by atoms with van der Waals surface area (Å²) in [5.41, 5.74) is 11.0. The molecule has 1 saturated carbocycles. The van der Waals surface area contributed by atoms with Crippen LogP contribution in [0.4, 0.5) is 16.7 Å². The number of aryl methyl sites for hydroxylation is 6. The van der Waals surface area contributed by atoms with Crippen LogP contribution in [0.1, 0.15) is 151 Å². The van der Waals surface area contributed by atoms with Crippen LogP contribution in [0.25, 0.3) is 67.4 Å². The van der Waals surface area contributed by atoms with E-state index >= 15 is 0 Å². The maximum Gasteiger partial charge on any atom is 0.410 e. The van der Waals surface area contributed by atoms with Crippen LogP contribution in [0.5, 0.6) is 0 Å². The lowest BCUT2D eigenvalue weighted by Gasteiger charge is -2.34. The molecule has 21 nitrogen and oxygen atoms in total. The number of likely N-dealkylation sites (tertiary alicyclic amines) is 1. The third-order valence-corrected chi connectivity index (χ3v) is 15.3. The van der Waals surface area contributed by atoms with Crippen LogP contribution in [0.3, 0.4) is 0 Å². The van der Waals surface area contributed by atoms with Crippen molar-refractivity contribution in [3.63, 3.8) is 0 Å². The molecular formula is C58H73N15O6. The molecule has 2 unspecified atom stereocenters. The predicted octanol–water partition coefficient (Wildman–Crippen LogP) is 11.9. The molecule has 3 aliphatic heterocycles. The number of nitrogens with one attached hydrogen (secondary N) is 2. The highest BCUT2D eigenvalue weighted by Crippen LogP contribution is 2.38. The first kappa shape index (κ1) is 53.6. The zero-order valence-electron chi connectivity index (χ0n) is 47.1. The quantitative estimate of drug-likeness (QED) is 0.129. The summed E-state index contributed by atoms with van der Waals surface area (Å²) in [6.45, 7) is 19.9. The Balaban J connectivity index is 0.000000170. The number of hydrogen-bond acceptors (Lipinski definition) is 18. The van der Waals surface area contributed by atoms with Gasteiger partial charge in [-0.05, 0) is 162 Å². The fourth-order valence-corrected chi connectivity index (χ4v) is 11.3. The largest absolute Gasteiger partial charge is 0.444 e. The number of carbonyl (C=O) groups is 1. The maximum absolute atomic E-state index is 12.7. The Bertz CT molecular complexity index is 3430. The Labute approximate surface area is 460 Å². The Morgan fingerprint density at radius 3 is 1.52 bits per heavy atom. The highest BCUT2D eigenvalue weighted by atomic mass is 16.6. The van der Waals surface area contributed by atoms with Gasteiger partial charge in [0.25, 0.3) is 0 Å². The average Bonchev–Trinajstić information content (AvgIpc) is 4.24. The molecule has 0 aromatic carbocycles. The molecule has 21 heteroatoms. The third kappa shape index (κ3) is 11.6. The zero-order chi connectivity index (χ0) is 55.0. The number of carbonyl (C=O) groups excluding carboxylic acids is 1. The number of rotatable bonds is 10. The van der Waals surface area contributed by atoms with Gasteiger partial charge in [0.2, 0.25) is 11.9 Å². The van der Waals surface area contributed by atoms with E-state index in [4.69, 9.17) is 53.4 Å². The fourth-order valence-electron chi connectivity index (χ4n) is 11.3. The molecule has 79 heavy (non-hydrogen) atoms. The molecule has 3 atom stereocenters. The molecule has 4 fully saturated rings. The minimum Gasteiger partial charge on any atom is -0.444 e. The van der Waals surface area contributed by atoms with Crippen LogP contribution >= 0.6 is 0 Å². The van der Waals surface area contributed by atoms with Gasteiger partial charge < -0.3 is 38.8 Å². The molecule has 4 aliphatic rings. The van der Waals surface area contributed by atoms with Crippen molar-refractivity contribution in [2.45, 2.75) is 176 Å². The molecule has 12 rings (SSSR count). The van der Waals surface area contributed by atoms with Gasteiger partial charge in [0, 0.05) is 61.6 Å². The number of fused-ring (bicyclic) bond motifs is 2. The summed E-state index contributed by atoms with van der Waals surface area (Å²) in [5.74, 6) is 2.64. The summed E-state index contributed by atoms with van der Waals surface area (Å²) >= 11 is 0. The van der Waals surface area contributed by atoms with Crippen molar-refractivity contribution in [2.75, 3.05) is 36.9 Å². The van der Waals surface area contributed by atoms with E-state index in [2.05, 4.69) is 37.0 Å². The van der Waals surface area contributed by atoms with Crippen molar-refractivity contribution in [2.24, 2.45) is 0 Å². The van der Waals surface area contributed by atoms with E-state index in [1.54, 1.807) is 4.90 Å². The lowest BCUT2D eigenvalue weighted by atomic mass is 9.96. The van der Waals surface area contributed by atoms with Gasteiger partial charge in [0.1, 0.15) is 28.5 Å². The van der Waals surface area contributed by atoms with Crippen LogP contribution in [0.15, 0.2) is 45.7 Å². The first-order valence-electron chi connectivity index (χ1n) is 28.2. The number of anilines is 2. The average molecular weight is 1080 g/mol. The number of ether oxygens (including phenoxy) is 3. The van der Waals surface area contributed by atoms with E-state index in [0.717, 1.165) is 172 Å². The van der Waals surface area contributed by atoms with E-state index in [9.17, 15) is 4.79 Å². The molecule has 0 bridgehead atoms. The predicted molar refractivity (Wildman–Crippen MR) is 299 cm³/mol. The Morgan fingerprint density at radius 2 is 1.06 bits per heavy atom. The number of nitrogens with zero attached hydrogens (tertiary/aromatic N) is 13. The van der Waals surface area contributed by atoms with Gasteiger partial charge in [0.15, 0.2) is 23.8 Å². The summed E-state index contributed by atoms with van der Waals surface area (Å²) in [4.78, 5) is 43.7. The molecule has 3 saturated heterocycles. The number of amides is 1. The van der Waals surface area contributed by atoms with Crippen LogP contribution < -0.4 is 10.6 Å². The molecule has 11 heterocycles. The monoisotopic (exact) mass is 1080 g/mol. The molecule has 416 valence electrons. The SMILES string of the molecule is Cc1cnc(NC2CCCCC2)nc1-c1nn(C2CCCCO2)c2nc(-c3c(C)noc3C)ccc12.Cc1cnc(N[C@H]2CCCN(C(=O)OC(C)(C)C)C2)nc1-c1nn(C2CCCCO2)c2nc(-c3c(C)noc3C)ccc12. The minimum atomic E-state index is -0.538. The van der Waals surface area contributed by atoms with E-state index in [1.165, 1.54) is 19.3 Å². The summed E-state index contributed by atoms with van der Waals surface area (Å²) in [5, 5.41) is 27.2. The van der Waals surface area contributed by atoms with E-state index in [1.807, 2.05) is 102 Å². The third-order valence-electron chi connectivity index (χ3n) is 15.3. The topological polar surface area (TPSA) is 237 Å². The number of aromatic nitrogens is 12. The molecule has 1 aliphatic carbocycles. The lowest BCUT2D eigenvalue weighted by Crippen LogP contribution is -2.47. The van der Waals surface area contributed by atoms with Crippen molar-refractivity contribution >= 4 is 40.1 Å². The van der Waals surface area contributed by atoms with Crippen LogP contribution in [0, 0.1) is 41.5 Å². The first-order valence-corrected chi connectivity index (χ1v) is 28.2. The highest BCUT2D eigenvalue weighted by Gasteiger charge is 2.31. The van der Waals surface area contributed by atoms with Gasteiger partial charge in [-0.1, -0.05) is 29.6 Å². The summed E-state index contributed by atoms with van der Waals surface area (Å²) in [6.07, 6.45) is 17.0. The Kier molecular flexibility index (Phi) is 15.4. The van der Waals surface area contributed by atoms with Crippen LogP contribution in [-0.4, -0.2) is 115 Å². The molecule has 0 radical (unpaired) electrons. The van der Waals surface area contributed by atoms with E-state index in [0.29, 0.717) is 37.6 Å². The van der Waals surface area contributed by atoms with Gasteiger partial charge in [-0.25, -0.2) is 44.1 Å². The van der Waals surface area contributed by atoms with Crippen molar-refractivity contribution in [3.8, 4) is 45.3 Å². The normalized spacial score (nSPS) is 19.4. The fraction of sp³-hybridized carbons (Fsp3) is 0.534. The van der Waals surface area contributed by atoms with Crippen molar-refractivity contribution in [3.05, 3.63) is 70.7 Å². The summed E-state index contributed by atoms with van der Waals surface area (Å²) in [7, 11) is 0.